The van der Waals surface area contributed by atoms with Gasteiger partial charge in [-0.2, -0.15) is 26.3 Å². The van der Waals surface area contributed by atoms with Crippen LogP contribution in [0.15, 0.2) is 85.3 Å². The van der Waals surface area contributed by atoms with Crippen molar-refractivity contribution in [2.75, 3.05) is 39.3 Å². The number of benzene rings is 2. The summed E-state index contributed by atoms with van der Waals surface area (Å²) in [5.74, 6) is -0.553. The molecule has 0 N–H and O–H groups in total. The number of carbonyl (C=O) groups is 1. The first-order chi connectivity index (χ1) is 22.4. The van der Waals surface area contributed by atoms with Crippen LogP contribution in [0.4, 0.5) is 26.3 Å². The van der Waals surface area contributed by atoms with Crippen LogP contribution in [0.3, 0.4) is 0 Å². The minimum atomic E-state index is -4.68. The van der Waals surface area contributed by atoms with E-state index < -0.39 is 35.4 Å². The quantitative estimate of drug-likeness (QED) is 0.176. The molecule has 2 aromatic heterocycles. The molecule has 1 saturated heterocycles. The second-order valence-electron chi connectivity index (χ2n) is 12.0. The molecule has 1 atom stereocenters. The maximum atomic E-state index is 14.0. The normalized spacial score (nSPS) is 16.4. The van der Waals surface area contributed by atoms with E-state index in [0.717, 1.165) is 56.0 Å². The fourth-order valence-corrected chi connectivity index (χ4v) is 6.36. The SMILES string of the molecule is Cl.Cl.Cl.Cl.O=C(c1cc(-c2ccncc2)cc(C(F)(F)F)c1)N1CCN(CCN2CCc3ncccc3C2)C[C@H]1Cc1ccc(C(F)(F)F)cc1. The van der Waals surface area contributed by atoms with Crippen molar-refractivity contribution in [2.45, 2.75) is 37.8 Å². The molecule has 0 spiro atoms. The molecule has 51 heavy (non-hydrogen) atoms. The molecule has 0 bridgehead atoms. The minimum absolute atomic E-state index is 0. The van der Waals surface area contributed by atoms with E-state index in [4.69, 9.17) is 0 Å². The van der Waals surface area contributed by atoms with Crippen LogP contribution in [0.1, 0.15) is 38.3 Å². The Kier molecular flexibility index (Phi) is 16.0. The van der Waals surface area contributed by atoms with E-state index in [1.165, 1.54) is 36.2 Å². The predicted molar refractivity (Wildman–Crippen MR) is 193 cm³/mol. The summed E-state index contributed by atoms with van der Waals surface area (Å²) in [5, 5.41) is 0. The Hall–Kier alpha value is -3.13. The zero-order chi connectivity index (χ0) is 33.2. The molecule has 6 rings (SSSR count). The first-order valence-electron chi connectivity index (χ1n) is 15.4. The van der Waals surface area contributed by atoms with E-state index in [9.17, 15) is 31.1 Å². The number of halogens is 10. The Labute approximate surface area is 317 Å². The van der Waals surface area contributed by atoms with E-state index in [1.807, 2.05) is 6.07 Å². The van der Waals surface area contributed by atoms with Crippen molar-refractivity contribution < 1.29 is 31.1 Å². The predicted octanol–water partition coefficient (Wildman–Crippen LogP) is 8.30. The number of aromatic nitrogens is 2. The second-order valence-corrected chi connectivity index (χ2v) is 12.0. The number of rotatable bonds is 7. The van der Waals surface area contributed by atoms with Gasteiger partial charge in [0.2, 0.25) is 0 Å². The molecule has 0 radical (unpaired) electrons. The van der Waals surface area contributed by atoms with E-state index in [-0.39, 0.29) is 73.7 Å². The fraction of sp³-hybridized carbons (Fsp3) is 0.343. The Morgan fingerprint density at radius 3 is 2.06 bits per heavy atom. The van der Waals surface area contributed by atoms with Crippen molar-refractivity contribution in [3.63, 3.8) is 0 Å². The van der Waals surface area contributed by atoms with Gasteiger partial charge in [-0.15, -0.1) is 49.6 Å². The first kappa shape index (κ1) is 44.0. The molecule has 16 heteroatoms. The second kappa shape index (κ2) is 18.6. The highest BCUT2D eigenvalue weighted by Gasteiger charge is 2.36. The Morgan fingerprint density at radius 1 is 0.725 bits per heavy atom. The lowest BCUT2D eigenvalue weighted by molar-refractivity contribution is -0.138. The molecule has 1 fully saturated rings. The molecule has 4 heterocycles. The van der Waals surface area contributed by atoms with Crippen molar-refractivity contribution in [1.29, 1.82) is 0 Å². The molecule has 4 aromatic rings. The average Bonchev–Trinajstić information content (AvgIpc) is 3.06. The van der Waals surface area contributed by atoms with Gasteiger partial charge in [0.05, 0.1) is 11.1 Å². The number of fused-ring (bicyclic) bond motifs is 1. The monoisotopic (exact) mass is 797 g/mol. The van der Waals surface area contributed by atoms with Gasteiger partial charge in [-0.1, -0.05) is 18.2 Å². The molecule has 0 saturated carbocycles. The van der Waals surface area contributed by atoms with Crippen LogP contribution in [-0.2, 0) is 31.7 Å². The fourth-order valence-electron chi connectivity index (χ4n) is 6.36. The Bertz CT molecular complexity index is 1710. The number of hydrogen-bond donors (Lipinski definition) is 0. The first-order valence-corrected chi connectivity index (χ1v) is 15.4. The van der Waals surface area contributed by atoms with Crippen molar-refractivity contribution in [3.05, 3.63) is 119 Å². The van der Waals surface area contributed by atoms with Crippen LogP contribution in [-0.4, -0.2) is 75.9 Å². The number of nitrogens with zero attached hydrogens (tertiary/aromatic N) is 5. The molecule has 2 aliphatic heterocycles. The summed E-state index contributed by atoms with van der Waals surface area (Å²) in [4.78, 5) is 28.6. The summed E-state index contributed by atoms with van der Waals surface area (Å²) in [6.45, 7) is 4.33. The van der Waals surface area contributed by atoms with Crippen LogP contribution in [0, 0.1) is 0 Å². The van der Waals surface area contributed by atoms with Crippen molar-refractivity contribution in [1.82, 2.24) is 24.7 Å². The van der Waals surface area contributed by atoms with Crippen molar-refractivity contribution >= 4 is 55.5 Å². The van der Waals surface area contributed by atoms with E-state index in [1.54, 1.807) is 23.2 Å². The molecule has 2 aliphatic rings. The molecule has 0 aliphatic carbocycles. The highest BCUT2D eigenvalue weighted by Crippen LogP contribution is 2.34. The summed E-state index contributed by atoms with van der Waals surface area (Å²) >= 11 is 0. The van der Waals surface area contributed by atoms with Crippen LogP contribution >= 0.6 is 49.6 Å². The maximum absolute atomic E-state index is 14.0. The number of amides is 1. The zero-order valence-corrected chi connectivity index (χ0v) is 30.3. The number of carbonyl (C=O) groups excluding carboxylic acids is 1. The van der Waals surface area contributed by atoms with Gasteiger partial charge < -0.3 is 4.90 Å². The van der Waals surface area contributed by atoms with Crippen molar-refractivity contribution in [3.8, 4) is 11.1 Å². The van der Waals surface area contributed by atoms with Gasteiger partial charge in [-0.05, 0) is 77.2 Å². The van der Waals surface area contributed by atoms with Crippen molar-refractivity contribution in [2.24, 2.45) is 0 Å². The van der Waals surface area contributed by atoms with E-state index >= 15 is 0 Å². The summed E-state index contributed by atoms with van der Waals surface area (Å²) in [7, 11) is 0. The third-order valence-electron chi connectivity index (χ3n) is 8.88. The van der Waals surface area contributed by atoms with E-state index in [2.05, 4.69) is 25.8 Å². The zero-order valence-electron chi connectivity index (χ0n) is 27.1. The lowest BCUT2D eigenvalue weighted by Gasteiger charge is -2.42. The number of hydrogen-bond acceptors (Lipinski definition) is 5. The van der Waals surface area contributed by atoms with Crippen LogP contribution in [0.5, 0.6) is 0 Å². The number of alkyl halides is 6. The Balaban J connectivity index is 0.00000225. The molecule has 6 nitrogen and oxygen atoms in total. The molecular weight excluding hydrogens is 762 g/mol. The summed E-state index contributed by atoms with van der Waals surface area (Å²) in [6, 6.07) is 14.8. The minimum Gasteiger partial charge on any atom is -0.333 e. The third kappa shape index (κ3) is 10.9. The smallest absolute Gasteiger partial charge is 0.333 e. The Morgan fingerprint density at radius 2 is 1.39 bits per heavy atom. The van der Waals surface area contributed by atoms with E-state index in [0.29, 0.717) is 30.8 Å². The number of pyridine rings is 2. The van der Waals surface area contributed by atoms with Crippen LogP contribution in [0.2, 0.25) is 0 Å². The third-order valence-corrected chi connectivity index (χ3v) is 8.88. The van der Waals surface area contributed by atoms with Gasteiger partial charge in [0, 0.05) is 88.1 Å². The van der Waals surface area contributed by atoms with Gasteiger partial charge in [0.25, 0.3) is 5.91 Å². The number of piperazine rings is 1. The van der Waals surface area contributed by atoms with Crippen LogP contribution < -0.4 is 0 Å². The highest BCUT2D eigenvalue weighted by molar-refractivity contribution is 5.96. The maximum Gasteiger partial charge on any atom is 0.416 e. The average molecular weight is 800 g/mol. The van der Waals surface area contributed by atoms with Gasteiger partial charge in [-0.3, -0.25) is 24.6 Å². The molecule has 0 unspecified atom stereocenters. The molecule has 1 amide bonds. The lowest BCUT2D eigenvalue weighted by Crippen LogP contribution is -2.57. The van der Waals surface area contributed by atoms with Gasteiger partial charge in [-0.25, -0.2) is 0 Å². The largest absolute Gasteiger partial charge is 0.416 e. The van der Waals surface area contributed by atoms with Gasteiger partial charge in [0.1, 0.15) is 0 Å². The topological polar surface area (TPSA) is 52.6 Å². The standard InChI is InChI=1S/C35H33F6N5O.4ClH/c36-34(37,38)29-5-3-24(4-6-29)18-31-23-45(15-14-44-13-9-32-26(22-44)2-1-10-43-32)16-17-46(31)33(47)28-19-27(25-7-11-42-12-8-25)20-30(21-28)35(39,40)41;;;;/h1-8,10-12,19-21,31H,9,13-18,22-23H2;4*1H/t31-;;;;/m1..../s1. The lowest BCUT2D eigenvalue weighted by atomic mass is 9.97. The molecular formula is C35H37Cl4F6N5O. The highest BCUT2D eigenvalue weighted by atomic mass is 35.5. The summed E-state index contributed by atoms with van der Waals surface area (Å²) in [6.07, 6.45) is -3.32. The van der Waals surface area contributed by atoms with Crippen LogP contribution in [0.25, 0.3) is 11.1 Å². The summed E-state index contributed by atoms with van der Waals surface area (Å²) in [5.41, 5.74) is 1.82. The van der Waals surface area contributed by atoms with Gasteiger partial charge >= 0.3 is 12.4 Å². The molecule has 278 valence electrons. The van der Waals surface area contributed by atoms with Gasteiger partial charge in [0.15, 0.2) is 0 Å². The molecule has 2 aromatic carbocycles. The summed E-state index contributed by atoms with van der Waals surface area (Å²) < 4.78 is 81.6.